The van der Waals surface area contributed by atoms with Gasteiger partial charge in [-0.1, -0.05) is 0 Å². The van der Waals surface area contributed by atoms with Gasteiger partial charge in [0.15, 0.2) is 11.5 Å². The number of aromatic hydroxyl groups is 2. The molecule has 8 heteroatoms. The lowest BCUT2D eigenvalue weighted by Gasteiger charge is -2.26. The molecule has 0 aromatic heterocycles. The molecule has 1 fully saturated rings. The Hall–Kier alpha value is -1.38. The Kier molecular flexibility index (Phi) is 3.42. The smallest absolute Gasteiger partial charge is 0.246 e. The second kappa shape index (κ2) is 4.71. The number of rotatable bonds is 2. The van der Waals surface area contributed by atoms with Crippen molar-refractivity contribution in [1.29, 1.82) is 0 Å². The highest BCUT2D eigenvalue weighted by molar-refractivity contribution is 7.89. The van der Waals surface area contributed by atoms with E-state index in [-0.39, 0.29) is 26.3 Å². The van der Waals surface area contributed by atoms with Gasteiger partial charge in [-0.15, -0.1) is 0 Å². The summed E-state index contributed by atoms with van der Waals surface area (Å²) in [6.45, 7) is 0.739. The molecule has 0 unspecified atom stereocenters. The highest BCUT2D eigenvalue weighted by Crippen LogP contribution is 2.31. The normalized spacial score (nSPS) is 17.8. The van der Waals surface area contributed by atoms with Crippen molar-refractivity contribution in [3.63, 3.8) is 0 Å². The molecule has 1 heterocycles. The summed E-state index contributed by atoms with van der Waals surface area (Å²) in [4.78, 5) is -0.653. The molecule has 0 spiro atoms. The Balaban J connectivity index is 2.43. The van der Waals surface area contributed by atoms with Crippen LogP contribution < -0.4 is 0 Å². The largest absolute Gasteiger partial charge is 0.504 e. The van der Waals surface area contributed by atoms with Crippen LogP contribution in [0.5, 0.6) is 11.5 Å². The Morgan fingerprint density at radius 2 is 1.72 bits per heavy atom. The summed E-state index contributed by atoms with van der Waals surface area (Å²) < 4.78 is 43.9. The van der Waals surface area contributed by atoms with Crippen molar-refractivity contribution in [1.82, 2.24) is 4.31 Å². The van der Waals surface area contributed by atoms with Crippen molar-refractivity contribution in [2.24, 2.45) is 0 Å². The van der Waals surface area contributed by atoms with Gasteiger partial charge < -0.3 is 14.9 Å². The van der Waals surface area contributed by atoms with Crippen LogP contribution in [0.3, 0.4) is 0 Å². The molecule has 1 aromatic carbocycles. The number of benzene rings is 1. The molecule has 1 aromatic rings. The Labute approximate surface area is 103 Å². The van der Waals surface area contributed by atoms with Crippen molar-refractivity contribution < 1.29 is 27.8 Å². The van der Waals surface area contributed by atoms with Crippen molar-refractivity contribution in [3.05, 3.63) is 17.9 Å². The minimum absolute atomic E-state index is 0.128. The molecule has 0 aliphatic carbocycles. The number of phenolic OH excluding ortho intramolecular Hbond substituents is 2. The Bertz CT molecular complexity index is 554. The number of nitrogens with zero attached hydrogens (tertiary/aromatic N) is 1. The number of ether oxygens (including phenoxy) is 1. The van der Waals surface area contributed by atoms with Crippen LogP contribution in [0.25, 0.3) is 0 Å². The number of hydrogen-bond acceptors (Lipinski definition) is 5. The van der Waals surface area contributed by atoms with E-state index in [2.05, 4.69) is 0 Å². The minimum Gasteiger partial charge on any atom is -0.504 e. The van der Waals surface area contributed by atoms with Gasteiger partial charge in [-0.2, -0.15) is 4.31 Å². The van der Waals surface area contributed by atoms with Crippen LogP contribution in [0.15, 0.2) is 17.0 Å². The molecule has 0 bridgehead atoms. The Morgan fingerprint density at radius 1 is 1.17 bits per heavy atom. The SMILES string of the molecule is O=S(=O)(c1cc(O)c(O)cc1F)N1CCOCC1. The molecule has 0 amide bonds. The van der Waals surface area contributed by atoms with Crippen LogP contribution in [0.1, 0.15) is 0 Å². The van der Waals surface area contributed by atoms with Gasteiger partial charge in [-0.05, 0) is 0 Å². The molecule has 6 nitrogen and oxygen atoms in total. The monoisotopic (exact) mass is 277 g/mol. The third kappa shape index (κ3) is 2.26. The van der Waals surface area contributed by atoms with E-state index in [1.54, 1.807) is 0 Å². The molecule has 0 saturated carbocycles. The molecule has 1 aliphatic heterocycles. The molecule has 18 heavy (non-hydrogen) atoms. The van der Waals surface area contributed by atoms with Crippen LogP contribution in [-0.2, 0) is 14.8 Å². The van der Waals surface area contributed by atoms with E-state index in [1.807, 2.05) is 0 Å². The quantitative estimate of drug-likeness (QED) is 0.757. The molecule has 0 atom stereocenters. The van der Waals surface area contributed by atoms with Gasteiger partial charge in [0, 0.05) is 25.2 Å². The topological polar surface area (TPSA) is 87.1 Å². The van der Waals surface area contributed by atoms with Crippen LogP contribution in [0.2, 0.25) is 0 Å². The number of hydrogen-bond donors (Lipinski definition) is 2. The van der Waals surface area contributed by atoms with E-state index in [9.17, 15) is 17.9 Å². The molecule has 2 rings (SSSR count). The highest BCUT2D eigenvalue weighted by Gasteiger charge is 2.30. The highest BCUT2D eigenvalue weighted by atomic mass is 32.2. The number of morpholine rings is 1. The van der Waals surface area contributed by atoms with Crippen LogP contribution in [-0.4, -0.2) is 49.2 Å². The summed E-state index contributed by atoms with van der Waals surface area (Å²) in [6.07, 6.45) is 0. The first-order valence-electron chi connectivity index (χ1n) is 5.22. The van der Waals surface area contributed by atoms with Gasteiger partial charge in [0.05, 0.1) is 13.2 Å². The summed E-state index contributed by atoms with van der Waals surface area (Å²) in [5.41, 5.74) is 0. The summed E-state index contributed by atoms with van der Waals surface area (Å²) in [7, 11) is -4.02. The van der Waals surface area contributed by atoms with E-state index < -0.39 is 32.2 Å². The van der Waals surface area contributed by atoms with Crippen molar-refractivity contribution in [2.75, 3.05) is 26.3 Å². The van der Waals surface area contributed by atoms with Crippen molar-refractivity contribution >= 4 is 10.0 Å². The van der Waals surface area contributed by atoms with Crippen LogP contribution >= 0.6 is 0 Å². The zero-order valence-corrected chi connectivity index (χ0v) is 10.2. The van der Waals surface area contributed by atoms with Crippen molar-refractivity contribution in [3.8, 4) is 11.5 Å². The van der Waals surface area contributed by atoms with E-state index in [1.165, 1.54) is 0 Å². The second-order valence-electron chi connectivity index (χ2n) is 3.79. The van der Waals surface area contributed by atoms with Crippen LogP contribution in [0, 0.1) is 5.82 Å². The average molecular weight is 277 g/mol. The van der Waals surface area contributed by atoms with Gasteiger partial charge in [-0.25, -0.2) is 12.8 Å². The fourth-order valence-corrected chi connectivity index (χ4v) is 3.13. The van der Waals surface area contributed by atoms with Gasteiger partial charge in [0.2, 0.25) is 10.0 Å². The first kappa shape index (κ1) is 13.1. The van der Waals surface area contributed by atoms with E-state index in [4.69, 9.17) is 9.84 Å². The predicted octanol–water partition coefficient (Wildman–Crippen LogP) is 0.258. The summed E-state index contributed by atoms with van der Waals surface area (Å²) in [5, 5.41) is 18.3. The molecule has 1 aliphatic rings. The third-order valence-corrected chi connectivity index (χ3v) is 4.53. The number of phenols is 2. The van der Waals surface area contributed by atoms with E-state index >= 15 is 0 Å². The van der Waals surface area contributed by atoms with Crippen LogP contribution in [0.4, 0.5) is 4.39 Å². The zero-order valence-electron chi connectivity index (χ0n) is 9.34. The lowest BCUT2D eigenvalue weighted by molar-refractivity contribution is 0.0729. The van der Waals surface area contributed by atoms with Gasteiger partial charge in [0.1, 0.15) is 10.7 Å². The Morgan fingerprint density at radius 3 is 2.33 bits per heavy atom. The molecule has 2 N–H and O–H groups in total. The maximum absolute atomic E-state index is 13.6. The fraction of sp³-hybridized carbons (Fsp3) is 0.400. The average Bonchev–Trinajstić information content (AvgIpc) is 2.34. The summed E-state index contributed by atoms with van der Waals surface area (Å²) in [5.74, 6) is -2.48. The first-order chi connectivity index (χ1) is 8.43. The summed E-state index contributed by atoms with van der Waals surface area (Å²) in [6, 6.07) is 1.28. The predicted molar refractivity (Wildman–Crippen MR) is 59.3 cm³/mol. The lowest BCUT2D eigenvalue weighted by Crippen LogP contribution is -2.40. The standard InChI is InChI=1S/C10H12FNO5S/c11-7-5-8(13)9(14)6-10(7)18(15,16)12-1-3-17-4-2-12/h5-6,13-14H,1-4H2. The van der Waals surface area contributed by atoms with E-state index in [0.29, 0.717) is 12.1 Å². The van der Waals surface area contributed by atoms with E-state index in [0.717, 1.165) is 4.31 Å². The first-order valence-corrected chi connectivity index (χ1v) is 6.66. The number of halogens is 1. The molecule has 1 saturated heterocycles. The fourth-order valence-electron chi connectivity index (χ4n) is 1.66. The maximum atomic E-state index is 13.6. The molecule has 100 valence electrons. The van der Waals surface area contributed by atoms with Crippen molar-refractivity contribution in [2.45, 2.75) is 4.90 Å². The van der Waals surface area contributed by atoms with Gasteiger partial charge >= 0.3 is 0 Å². The van der Waals surface area contributed by atoms with Gasteiger partial charge in [0.25, 0.3) is 0 Å². The lowest BCUT2D eigenvalue weighted by atomic mass is 10.3. The molecule has 0 radical (unpaired) electrons. The third-order valence-electron chi connectivity index (χ3n) is 2.62. The minimum atomic E-state index is -4.02. The maximum Gasteiger partial charge on any atom is 0.246 e. The number of sulfonamides is 1. The molecular formula is C10H12FNO5S. The molecular weight excluding hydrogens is 265 g/mol. The van der Waals surface area contributed by atoms with Gasteiger partial charge in [-0.3, -0.25) is 0 Å². The summed E-state index contributed by atoms with van der Waals surface area (Å²) >= 11 is 0. The second-order valence-corrected chi connectivity index (χ2v) is 5.69. The zero-order chi connectivity index (χ0) is 13.3.